The maximum atomic E-state index is 11.0. The van der Waals surface area contributed by atoms with Crippen molar-refractivity contribution in [1.29, 1.82) is 0 Å². The monoisotopic (exact) mass is 226 g/mol. The second-order valence-corrected chi connectivity index (χ2v) is 3.68. The fourth-order valence-corrected chi connectivity index (χ4v) is 1.55. The molecule has 0 aromatic rings. The van der Waals surface area contributed by atoms with Gasteiger partial charge in [0.2, 0.25) is 12.3 Å². The van der Waals surface area contributed by atoms with Gasteiger partial charge in [-0.1, -0.05) is 0 Å². The van der Waals surface area contributed by atoms with Crippen molar-refractivity contribution < 1.29 is 9.59 Å². The third-order valence-electron chi connectivity index (χ3n) is 2.37. The molecule has 6 nitrogen and oxygen atoms in total. The topological polar surface area (TPSA) is 73.8 Å². The van der Waals surface area contributed by atoms with Crippen LogP contribution in [0.5, 0.6) is 0 Å². The van der Waals surface area contributed by atoms with Crippen molar-refractivity contribution in [2.45, 2.75) is 25.7 Å². The zero-order valence-corrected chi connectivity index (χ0v) is 9.32. The first-order chi connectivity index (χ1) is 7.83. The largest absolute Gasteiger partial charge is 0.363 e. The van der Waals surface area contributed by atoms with Crippen LogP contribution in [0.4, 0.5) is 0 Å². The van der Waals surface area contributed by atoms with Crippen LogP contribution in [0.15, 0.2) is 4.99 Å². The third kappa shape index (κ3) is 5.33. The van der Waals surface area contributed by atoms with Crippen LogP contribution in [0.3, 0.4) is 0 Å². The molecular weight excluding hydrogens is 208 g/mol. The maximum absolute atomic E-state index is 11.0. The van der Waals surface area contributed by atoms with Gasteiger partial charge in [0.05, 0.1) is 6.34 Å². The Morgan fingerprint density at radius 2 is 2.06 bits per heavy atom. The third-order valence-corrected chi connectivity index (χ3v) is 2.37. The average Bonchev–Trinajstić information content (AvgIpc) is 2.33. The van der Waals surface area contributed by atoms with Crippen molar-refractivity contribution in [3.05, 3.63) is 0 Å². The van der Waals surface area contributed by atoms with E-state index in [0.717, 1.165) is 13.1 Å². The Kier molecular flexibility index (Phi) is 5.98. The molecule has 1 aliphatic rings. The number of carbonyl (C=O) groups is 2. The van der Waals surface area contributed by atoms with Crippen molar-refractivity contribution in [2.75, 3.05) is 19.6 Å². The molecule has 0 aromatic carbocycles. The average molecular weight is 226 g/mol. The summed E-state index contributed by atoms with van der Waals surface area (Å²) in [5.41, 5.74) is 4.32. The minimum atomic E-state index is -0.233. The van der Waals surface area contributed by atoms with E-state index in [0.29, 0.717) is 13.0 Å². The first kappa shape index (κ1) is 12.5. The molecule has 0 spiro atoms. The van der Waals surface area contributed by atoms with E-state index in [4.69, 9.17) is 0 Å². The predicted octanol–water partition coefficient (Wildman–Crippen LogP) is -0.332. The fraction of sp³-hybridized carbons (Fsp3) is 0.700. The SMILES string of the molecule is O=CNNC(=O)CCN=CN1CCCCC1. The molecule has 1 saturated heterocycles. The van der Waals surface area contributed by atoms with Gasteiger partial charge < -0.3 is 4.90 Å². The van der Waals surface area contributed by atoms with Crippen LogP contribution in [-0.2, 0) is 9.59 Å². The molecule has 1 aliphatic heterocycles. The van der Waals surface area contributed by atoms with Crippen molar-refractivity contribution in [3.63, 3.8) is 0 Å². The number of hydrogen-bond acceptors (Lipinski definition) is 3. The highest BCUT2D eigenvalue weighted by Crippen LogP contribution is 2.05. The molecule has 2 amide bonds. The maximum Gasteiger partial charge on any atom is 0.240 e. The molecule has 0 unspecified atom stereocenters. The molecular formula is C10H18N4O2. The predicted molar refractivity (Wildman–Crippen MR) is 60.7 cm³/mol. The number of carbonyl (C=O) groups excluding carboxylic acids is 2. The number of rotatable bonds is 6. The van der Waals surface area contributed by atoms with Crippen LogP contribution in [0.2, 0.25) is 0 Å². The lowest BCUT2D eigenvalue weighted by Gasteiger charge is -2.23. The number of nitrogens with zero attached hydrogens (tertiary/aromatic N) is 2. The zero-order chi connectivity index (χ0) is 11.6. The Balaban J connectivity index is 2.06. The number of likely N-dealkylation sites (tertiary alicyclic amines) is 1. The Morgan fingerprint density at radius 1 is 1.31 bits per heavy atom. The van der Waals surface area contributed by atoms with Gasteiger partial charge in [0.15, 0.2) is 0 Å². The molecule has 0 aliphatic carbocycles. The highest BCUT2D eigenvalue weighted by molar-refractivity contribution is 5.77. The van der Waals surface area contributed by atoms with Gasteiger partial charge >= 0.3 is 0 Å². The second-order valence-electron chi connectivity index (χ2n) is 3.68. The van der Waals surface area contributed by atoms with E-state index in [1.807, 2.05) is 6.34 Å². The Labute approximate surface area is 95.1 Å². The van der Waals surface area contributed by atoms with Gasteiger partial charge in [-0.2, -0.15) is 0 Å². The molecule has 2 N–H and O–H groups in total. The molecule has 6 heteroatoms. The molecule has 0 saturated carbocycles. The number of amides is 2. The highest BCUT2D eigenvalue weighted by atomic mass is 16.2. The molecule has 0 atom stereocenters. The van der Waals surface area contributed by atoms with Crippen LogP contribution >= 0.6 is 0 Å². The Hall–Kier alpha value is -1.59. The van der Waals surface area contributed by atoms with E-state index in [1.165, 1.54) is 19.3 Å². The van der Waals surface area contributed by atoms with Crippen molar-refractivity contribution >= 4 is 18.7 Å². The molecule has 1 rings (SSSR count). The first-order valence-electron chi connectivity index (χ1n) is 5.55. The van der Waals surface area contributed by atoms with Crippen LogP contribution in [-0.4, -0.2) is 43.2 Å². The molecule has 90 valence electrons. The summed E-state index contributed by atoms with van der Waals surface area (Å²) in [5, 5.41) is 0. The molecule has 1 fully saturated rings. The van der Waals surface area contributed by atoms with Gasteiger partial charge in [0.25, 0.3) is 0 Å². The summed E-state index contributed by atoms with van der Waals surface area (Å²) in [6, 6.07) is 0. The Morgan fingerprint density at radius 3 is 2.75 bits per heavy atom. The van der Waals surface area contributed by atoms with E-state index in [2.05, 4.69) is 20.7 Å². The number of hydrogen-bond donors (Lipinski definition) is 2. The lowest BCUT2D eigenvalue weighted by atomic mass is 10.1. The van der Waals surface area contributed by atoms with Crippen LogP contribution in [0.25, 0.3) is 0 Å². The van der Waals surface area contributed by atoms with Crippen LogP contribution in [0.1, 0.15) is 25.7 Å². The summed E-state index contributed by atoms with van der Waals surface area (Å²) in [6.07, 6.45) is 6.26. The normalized spacial score (nSPS) is 16.1. The van der Waals surface area contributed by atoms with E-state index in [-0.39, 0.29) is 12.3 Å². The van der Waals surface area contributed by atoms with Gasteiger partial charge in [-0.25, -0.2) is 0 Å². The summed E-state index contributed by atoms with van der Waals surface area (Å²) in [5.74, 6) is -0.233. The van der Waals surface area contributed by atoms with Gasteiger partial charge in [0, 0.05) is 26.1 Å². The number of piperidine rings is 1. The van der Waals surface area contributed by atoms with Gasteiger partial charge in [-0.05, 0) is 19.3 Å². The first-order valence-corrected chi connectivity index (χ1v) is 5.55. The van der Waals surface area contributed by atoms with E-state index < -0.39 is 0 Å². The van der Waals surface area contributed by atoms with Crippen molar-refractivity contribution in [3.8, 4) is 0 Å². The Bertz CT molecular complexity index is 249. The number of aliphatic imine (C=N–C) groups is 1. The minimum absolute atomic E-state index is 0.233. The number of hydrazine groups is 1. The quantitative estimate of drug-likeness (QED) is 0.282. The van der Waals surface area contributed by atoms with Crippen LogP contribution in [0, 0.1) is 0 Å². The molecule has 1 heterocycles. The van der Waals surface area contributed by atoms with Gasteiger partial charge in [-0.3, -0.25) is 25.4 Å². The minimum Gasteiger partial charge on any atom is -0.363 e. The van der Waals surface area contributed by atoms with Gasteiger partial charge in [-0.15, -0.1) is 0 Å². The lowest BCUT2D eigenvalue weighted by Crippen LogP contribution is -2.36. The summed E-state index contributed by atoms with van der Waals surface area (Å²) >= 11 is 0. The van der Waals surface area contributed by atoms with E-state index in [1.54, 1.807) is 0 Å². The zero-order valence-electron chi connectivity index (χ0n) is 9.32. The smallest absolute Gasteiger partial charge is 0.240 e. The fourth-order valence-electron chi connectivity index (χ4n) is 1.55. The second kappa shape index (κ2) is 7.67. The van der Waals surface area contributed by atoms with Crippen molar-refractivity contribution in [2.24, 2.45) is 4.99 Å². The molecule has 0 radical (unpaired) electrons. The van der Waals surface area contributed by atoms with Crippen molar-refractivity contribution in [1.82, 2.24) is 15.8 Å². The summed E-state index contributed by atoms with van der Waals surface area (Å²) in [6.45, 7) is 2.56. The number of nitrogens with one attached hydrogen (secondary N) is 2. The molecule has 0 bridgehead atoms. The summed E-state index contributed by atoms with van der Waals surface area (Å²) in [4.78, 5) is 27.3. The summed E-state index contributed by atoms with van der Waals surface area (Å²) in [7, 11) is 0. The molecule has 16 heavy (non-hydrogen) atoms. The van der Waals surface area contributed by atoms with Gasteiger partial charge in [0.1, 0.15) is 0 Å². The van der Waals surface area contributed by atoms with E-state index in [9.17, 15) is 9.59 Å². The molecule has 0 aromatic heterocycles. The van der Waals surface area contributed by atoms with E-state index >= 15 is 0 Å². The summed E-state index contributed by atoms with van der Waals surface area (Å²) < 4.78 is 0. The standard InChI is InChI=1S/C10H18N4O2/c15-9-12-13-10(16)4-5-11-8-14-6-2-1-3-7-14/h8-9H,1-7H2,(H,12,15)(H,13,16). The lowest BCUT2D eigenvalue weighted by molar-refractivity contribution is -0.124. The highest BCUT2D eigenvalue weighted by Gasteiger charge is 2.05. The van der Waals surface area contributed by atoms with Crippen LogP contribution < -0.4 is 10.9 Å².